The number of amides is 2. The molecule has 0 spiro atoms. The van der Waals surface area contributed by atoms with E-state index in [1.54, 1.807) is 20.8 Å². The van der Waals surface area contributed by atoms with Gasteiger partial charge in [-0.15, -0.1) is 0 Å². The van der Waals surface area contributed by atoms with E-state index in [4.69, 9.17) is 14.2 Å². The summed E-state index contributed by atoms with van der Waals surface area (Å²) in [6.07, 6.45) is 0.399. The van der Waals surface area contributed by atoms with Gasteiger partial charge in [-0.1, -0.05) is 30.3 Å². The van der Waals surface area contributed by atoms with E-state index < -0.39 is 29.8 Å². The lowest BCUT2D eigenvalue weighted by molar-refractivity contribution is -0.143. The highest BCUT2D eigenvalue weighted by Crippen LogP contribution is 2.07. The second-order valence-electron chi connectivity index (χ2n) is 7.21. The Labute approximate surface area is 165 Å². The van der Waals surface area contributed by atoms with Gasteiger partial charge in [0.15, 0.2) is 0 Å². The molecule has 0 fully saturated rings. The van der Waals surface area contributed by atoms with Crippen LogP contribution in [0.5, 0.6) is 0 Å². The van der Waals surface area contributed by atoms with E-state index in [9.17, 15) is 14.4 Å². The number of rotatable bonds is 9. The van der Waals surface area contributed by atoms with E-state index in [-0.39, 0.29) is 6.61 Å². The molecule has 1 rings (SSSR count). The molecule has 0 aliphatic heterocycles. The number of ether oxygens (including phenoxy) is 3. The van der Waals surface area contributed by atoms with Crippen LogP contribution in [0.2, 0.25) is 0 Å². The molecule has 0 saturated heterocycles. The van der Waals surface area contributed by atoms with E-state index in [1.807, 2.05) is 30.3 Å². The van der Waals surface area contributed by atoms with Crippen molar-refractivity contribution in [3.63, 3.8) is 0 Å². The molecule has 0 aliphatic rings. The molecule has 0 aromatic heterocycles. The minimum atomic E-state index is -0.810. The van der Waals surface area contributed by atoms with Gasteiger partial charge < -0.3 is 24.8 Å². The van der Waals surface area contributed by atoms with Crippen molar-refractivity contribution in [2.24, 2.45) is 0 Å². The fourth-order valence-corrected chi connectivity index (χ4v) is 2.28. The minimum Gasteiger partial charge on any atom is -0.467 e. The number of carbonyl (C=O) groups excluding carboxylic acids is 3. The zero-order chi connectivity index (χ0) is 21.0. The van der Waals surface area contributed by atoms with Crippen LogP contribution >= 0.6 is 0 Å². The summed E-state index contributed by atoms with van der Waals surface area (Å²) in [6, 6.07) is 8.42. The zero-order valence-electron chi connectivity index (χ0n) is 16.9. The van der Waals surface area contributed by atoms with Gasteiger partial charge >= 0.3 is 18.2 Å². The number of unbranched alkanes of at least 4 members (excludes halogenated alkanes) is 1. The van der Waals surface area contributed by atoms with Gasteiger partial charge in [0, 0.05) is 6.54 Å². The van der Waals surface area contributed by atoms with Crippen molar-refractivity contribution >= 4 is 18.2 Å². The van der Waals surface area contributed by atoms with Gasteiger partial charge in [0.1, 0.15) is 18.2 Å². The van der Waals surface area contributed by atoms with Crippen molar-refractivity contribution in [1.82, 2.24) is 10.6 Å². The molecule has 156 valence electrons. The Bertz CT molecular complexity index is 627. The van der Waals surface area contributed by atoms with Crippen LogP contribution in [0.15, 0.2) is 30.3 Å². The van der Waals surface area contributed by atoms with E-state index >= 15 is 0 Å². The van der Waals surface area contributed by atoms with E-state index in [2.05, 4.69) is 10.6 Å². The predicted octanol–water partition coefficient (Wildman–Crippen LogP) is 3.15. The van der Waals surface area contributed by atoms with Crippen LogP contribution in [0, 0.1) is 0 Å². The number of carbonyl (C=O) groups is 3. The largest absolute Gasteiger partial charge is 0.467 e. The average molecular weight is 394 g/mol. The van der Waals surface area contributed by atoms with Crippen molar-refractivity contribution in [3.8, 4) is 0 Å². The third kappa shape index (κ3) is 10.4. The van der Waals surface area contributed by atoms with Crippen LogP contribution < -0.4 is 10.6 Å². The molecule has 0 radical (unpaired) electrons. The van der Waals surface area contributed by atoms with Gasteiger partial charge in [-0.05, 0) is 45.6 Å². The average Bonchev–Trinajstić information content (AvgIpc) is 2.64. The topological polar surface area (TPSA) is 103 Å². The fourth-order valence-electron chi connectivity index (χ4n) is 2.28. The lowest BCUT2D eigenvalue weighted by Gasteiger charge is -2.20. The van der Waals surface area contributed by atoms with E-state index in [0.717, 1.165) is 5.56 Å². The summed E-state index contributed by atoms with van der Waals surface area (Å²) in [5.41, 5.74) is 0.296. The zero-order valence-corrected chi connectivity index (χ0v) is 16.9. The normalized spacial score (nSPS) is 11.9. The van der Waals surface area contributed by atoms with Crippen molar-refractivity contribution in [2.45, 2.75) is 58.3 Å². The predicted molar refractivity (Wildman–Crippen MR) is 104 cm³/mol. The summed E-state index contributed by atoms with van der Waals surface area (Å²) in [4.78, 5) is 35.4. The highest BCUT2D eigenvalue weighted by Gasteiger charge is 2.22. The first-order chi connectivity index (χ1) is 13.2. The molecule has 0 heterocycles. The maximum atomic E-state index is 11.9. The number of methoxy groups -OCH3 is 1. The quantitative estimate of drug-likeness (QED) is 0.379. The molecule has 1 atom stereocenters. The molecule has 28 heavy (non-hydrogen) atoms. The summed E-state index contributed by atoms with van der Waals surface area (Å²) >= 11 is 0. The smallest absolute Gasteiger partial charge is 0.408 e. The van der Waals surface area contributed by atoms with E-state index in [0.29, 0.717) is 25.8 Å². The Balaban J connectivity index is 2.33. The van der Waals surface area contributed by atoms with Crippen LogP contribution in [0.25, 0.3) is 0 Å². The van der Waals surface area contributed by atoms with Gasteiger partial charge in [-0.2, -0.15) is 0 Å². The number of esters is 1. The summed E-state index contributed by atoms with van der Waals surface area (Å²) in [6.45, 7) is 5.88. The highest BCUT2D eigenvalue weighted by molar-refractivity contribution is 5.81. The van der Waals surface area contributed by atoms with Gasteiger partial charge in [0.2, 0.25) is 0 Å². The molecular formula is C20H30N2O6. The van der Waals surface area contributed by atoms with Crippen molar-refractivity contribution < 1.29 is 28.6 Å². The lowest BCUT2D eigenvalue weighted by atomic mass is 10.1. The van der Waals surface area contributed by atoms with Crippen LogP contribution in [-0.2, 0) is 25.6 Å². The lowest BCUT2D eigenvalue weighted by Crippen LogP contribution is -2.41. The van der Waals surface area contributed by atoms with Gasteiger partial charge in [0.25, 0.3) is 0 Å². The molecule has 8 heteroatoms. The molecule has 1 unspecified atom stereocenters. The maximum Gasteiger partial charge on any atom is 0.408 e. The Morgan fingerprint density at radius 2 is 1.71 bits per heavy atom. The Kier molecular flexibility index (Phi) is 9.84. The molecule has 8 nitrogen and oxygen atoms in total. The summed E-state index contributed by atoms with van der Waals surface area (Å²) in [7, 11) is 1.26. The van der Waals surface area contributed by atoms with Crippen molar-refractivity contribution in [2.75, 3.05) is 13.7 Å². The van der Waals surface area contributed by atoms with Crippen LogP contribution in [-0.4, -0.2) is 43.5 Å². The van der Waals surface area contributed by atoms with Gasteiger partial charge in [-0.25, -0.2) is 14.4 Å². The first-order valence-electron chi connectivity index (χ1n) is 9.23. The highest BCUT2D eigenvalue weighted by atomic mass is 16.6. The molecule has 2 amide bonds. The van der Waals surface area contributed by atoms with Crippen LogP contribution in [0.4, 0.5) is 9.59 Å². The minimum absolute atomic E-state index is 0.111. The Morgan fingerprint density at radius 1 is 1.04 bits per heavy atom. The van der Waals surface area contributed by atoms with Crippen LogP contribution in [0.1, 0.15) is 45.6 Å². The summed E-state index contributed by atoms with van der Waals surface area (Å²) in [5, 5.41) is 5.17. The molecule has 0 saturated carbocycles. The van der Waals surface area contributed by atoms with Gasteiger partial charge in [0.05, 0.1) is 7.11 Å². The monoisotopic (exact) mass is 394 g/mol. The maximum absolute atomic E-state index is 11.9. The molecule has 0 bridgehead atoms. The molecule has 1 aromatic rings. The first kappa shape index (κ1) is 23.3. The molecule has 0 aliphatic carbocycles. The molecular weight excluding hydrogens is 364 g/mol. The second-order valence-corrected chi connectivity index (χ2v) is 7.21. The van der Waals surface area contributed by atoms with Crippen molar-refractivity contribution in [3.05, 3.63) is 35.9 Å². The summed E-state index contributed by atoms with van der Waals surface area (Å²) < 4.78 is 15.0. The third-order valence-electron chi connectivity index (χ3n) is 3.58. The SMILES string of the molecule is COC(=O)C(CCCCNC(=O)OC(C)(C)C)NC(=O)OCc1ccccc1. The fraction of sp³-hybridized carbons (Fsp3) is 0.550. The standard InChI is InChI=1S/C20H30N2O6/c1-20(2,3)28-18(24)21-13-9-8-12-16(17(23)26-4)22-19(25)27-14-15-10-6-5-7-11-15/h5-7,10-11,16H,8-9,12-14H2,1-4H3,(H,21,24)(H,22,25). The number of hydrogen-bond acceptors (Lipinski definition) is 6. The van der Waals surface area contributed by atoms with Crippen LogP contribution in [0.3, 0.4) is 0 Å². The Hall–Kier alpha value is -2.77. The number of hydrogen-bond donors (Lipinski definition) is 2. The number of alkyl carbamates (subject to hydrolysis) is 2. The summed E-state index contributed by atoms with van der Waals surface area (Å²) in [5.74, 6) is -0.545. The number of nitrogens with one attached hydrogen (secondary N) is 2. The Morgan fingerprint density at radius 3 is 2.32 bits per heavy atom. The molecule has 2 N–H and O–H groups in total. The molecule has 1 aromatic carbocycles. The van der Waals surface area contributed by atoms with E-state index in [1.165, 1.54) is 7.11 Å². The second kappa shape index (κ2) is 11.8. The first-order valence-corrected chi connectivity index (χ1v) is 9.23. The van der Waals surface area contributed by atoms with Crippen molar-refractivity contribution in [1.29, 1.82) is 0 Å². The number of benzene rings is 1. The van der Waals surface area contributed by atoms with Gasteiger partial charge in [-0.3, -0.25) is 0 Å². The third-order valence-corrected chi connectivity index (χ3v) is 3.58.